The number of hydrogen-bond acceptors (Lipinski definition) is 7. The summed E-state index contributed by atoms with van der Waals surface area (Å²) in [4.78, 5) is 21.2. The number of esters is 1. The summed E-state index contributed by atoms with van der Waals surface area (Å²) in [7, 11) is -4.01. The molecule has 0 aromatic heterocycles. The first-order chi connectivity index (χ1) is 7.87. The number of carbonyl (C=O) groups is 2. The molecule has 0 aliphatic carbocycles. The number of carbonyl (C=O) groups excluding carboxylic acids is 1. The lowest BCUT2D eigenvalue weighted by Gasteiger charge is -2.14. The van der Waals surface area contributed by atoms with E-state index in [4.69, 9.17) is 10.4 Å². The van der Waals surface area contributed by atoms with Crippen LogP contribution in [0.5, 0.6) is 0 Å². The van der Waals surface area contributed by atoms with Crippen molar-refractivity contribution >= 4 is 19.3 Å². The van der Waals surface area contributed by atoms with Crippen molar-refractivity contribution in [1.82, 2.24) is 0 Å². The number of ether oxygens (including phenoxy) is 1. The van der Waals surface area contributed by atoms with Crippen LogP contribution >= 0.6 is 7.37 Å². The van der Waals surface area contributed by atoms with E-state index in [0.717, 1.165) is 6.08 Å². The quantitative estimate of drug-likeness (QED) is 0.219. The molecule has 9 heteroatoms. The van der Waals surface area contributed by atoms with Gasteiger partial charge >= 0.3 is 11.9 Å². The van der Waals surface area contributed by atoms with Crippen molar-refractivity contribution < 1.29 is 39.0 Å². The van der Waals surface area contributed by atoms with Gasteiger partial charge in [0, 0.05) is 6.08 Å². The van der Waals surface area contributed by atoms with Crippen LogP contribution in [0.3, 0.4) is 0 Å². The van der Waals surface area contributed by atoms with Gasteiger partial charge in [0.05, 0.1) is 6.16 Å². The van der Waals surface area contributed by atoms with Crippen LogP contribution in [0.2, 0.25) is 0 Å². The highest BCUT2D eigenvalue weighted by Crippen LogP contribution is 2.54. The Bertz CT molecular complexity index is 374. The zero-order valence-electron chi connectivity index (χ0n) is 8.70. The molecule has 0 aliphatic heterocycles. The SMILES string of the molecule is C=CC(=O)OCCP(=O)(OOO)C(=C)C(=O)O. The average Bonchev–Trinajstić information content (AvgIpc) is 2.27. The van der Waals surface area contributed by atoms with Crippen molar-refractivity contribution in [3.8, 4) is 0 Å². The molecule has 0 aromatic rings. The molecule has 0 saturated carbocycles. The van der Waals surface area contributed by atoms with Gasteiger partial charge in [0.2, 0.25) is 0 Å². The summed E-state index contributed by atoms with van der Waals surface area (Å²) in [6.07, 6.45) is 0.374. The maximum absolute atomic E-state index is 11.8. The Morgan fingerprint density at radius 1 is 1.41 bits per heavy atom. The summed E-state index contributed by atoms with van der Waals surface area (Å²) in [5.74, 6) is -2.36. The molecule has 0 aromatic carbocycles. The van der Waals surface area contributed by atoms with Crippen LogP contribution in [0.25, 0.3) is 0 Å². The molecule has 0 spiro atoms. The van der Waals surface area contributed by atoms with Crippen LogP contribution in [0.15, 0.2) is 24.5 Å². The molecule has 1 unspecified atom stereocenters. The molecule has 0 bridgehead atoms. The van der Waals surface area contributed by atoms with E-state index in [-0.39, 0.29) is 0 Å². The molecule has 17 heavy (non-hydrogen) atoms. The molecule has 8 nitrogen and oxygen atoms in total. The van der Waals surface area contributed by atoms with E-state index in [9.17, 15) is 14.2 Å². The Hall–Kier alpha value is -1.47. The molecule has 0 fully saturated rings. The average molecular weight is 266 g/mol. The molecule has 0 heterocycles. The summed E-state index contributed by atoms with van der Waals surface area (Å²) in [5, 5.41) is 19.0. The number of aliphatic carboxylic acids is 1. The van der Waals surface area contributed by atoms with Crippen molar-refractivity contribution in [3.63, 3.8) is 0 Å². The van der Waals surface area contributed by atoms with Crippen LogP contribution in [0.4, 0.5) is 0 Å². The second-order valence-electron chi connectivity index (χ2n) is 2.67. The van der Waals surface area contributed by atoms with E-state index in [1.807, 2.05) is 0 Å². The predicted octanol–water partition coefficient (Wildman–Crippen LogP) is 1.01. The van der Waals surface area contributed by atoms with Crippen molar-refractivity contribution in [1.29, 1.82) is 0 Å². The smallest absolute Gasteiger partial charge is 0.341 e. The van der Waals surface area contributed by atoms with Crippen molar-refractivity contribution in [3.05, 3.63) is 24.5 Å². The van der Waals surface area contributed by atoms with Gasteiger partial charge in [0.15, 0.2) is 0 Å². The van der Waals surface area contributed by atoms with E-state index in [0.29, 0.717) is 0 Å². The lowest BCUT2D eigenvalue weighted by molar-refractivity contribution is -0.439. The normalized spacial score (nSPS) is 13.5. The molecular formula is C8H11O8P. The van der Waals surface area contributed by atoms with Crippen molar-refractivity contribution in [2.75, 3.05) is 12.8 Å². The molecule has 0 rings (SSSR count). The van der Waals surface area contributed by atoms with E-state index in [1.165, 1.54) is 0 Å². The van der Waals surface area contributed by atoms with E-state index in [1.54, 1.807) is 0 Å². The third kappa shape index (κ3) is 4.92. The zero-order chi connectivity index (χ0) is 13.5. The fourth-order valence-electron chi connectivity index (χ4n) is 0.742. The van der Waals surface area contributed by atoms with Gasteiger partial charge in [-0.1, -0.05) is 18.2 Å². The molecular weight excluding hydrogens is 255 g/mol. The fraction of sp³-hybridized carbons (Fsp3) is 0.250. The Balaban J connectivity index is 4.57. The molecule has 2 N–H and O–H groups in total. The molecule has 0 aliphatic rings. The summed E-state index contributed by atoms with van der Waals surface area (Å²) in [6, 6.07) is 0. The highest BCUT2D eigenvalue weighted by Gasteiger charge is 2.34. The van der Waals surface area contributed by atoms with Gasteiger partial charge in [-0.2, -0.15) is 0 Å². The summed E-state index contributed by atoms with van der Waals surface area (Å²) < 4.78 is 20.3. The second kappa shape index (κ2) is 6.97. The topological polar surface area (TPSA) is 119 Å². The summed E-state index contributed by atoms with van der Waals surface area (Å²) >= 11 is 0. The van der Waals surface area contributed by atoms with Crippen LogP contribution < -0.4 is 0 Å². The van der Waals surface area contributed by atoms with Gasteiger partial charge in [-0.25, -0.2) is 14.8 Å². The Labute approximate surface area is 96.4 Å². The number of hydrogen-bond donors (Lipinski definition) is 2. The van der Waals surface area contributed by atoms with Gasteiger partial charge in [0.25, 0.3) is 7.37 Å². The van der Waals surface area contributed by atoms with Gasteiger partial charge < -0.3 is 9.84 Å². The first-order valence-electron chi connectivity index (χ1n) is 4.18. The first-order valence-corrected chi connectivity index (χ1v) is 5.99. The number of carboxylic acids is 1. The lowest BCUT2D eigenvalue weighted by Crippen LogP contribution is -2.11. The minimum atomic E-state index is -4.01. The zero-order valence-corrected chi connectivity index (χ0v) is 9.59. The van der Waals surface area contributed by atoms with E-state index < -0.39 is 37.4 Å². The fourth-order valence-corrected chi connectivity index (χ4v) is 1.91. The van der Waals surface area contributed by atoms with Crippen LogP contribution in [-0.2, 0) is 28.6 Å². The first kappa shape index (κ1) is 15.5. The largest absolute Gasteiger partial charge is 0.477 e. The minimum Gasteiger partial charge on any atom is -0.477 e. The second-order valence-corrected chi connectivity index (χ2v) is 5.15. The Morgan fingerprint density at radius 3 is 2.41 bits per heavy atom. The third-order valence-corrected chi connectivity index (χ3v) is 3.70. The van der Waals surface area contributed by atoms with Crippen molar-refractivity contribution in [2.45, 2.75) is 0 Å². The lowest BCUT2D eigenvalue weighted by atomic mass is 10.6. The summed E-state index contributed by atoms with van der Waals surface area (Å²) in [6.45, 7) is 5.74. The van der Waals surface area contributed by atoms with Gasteiger partial charge in [-0.3, -0.25) is 4.57 Å². The van der Waals surface area contributed by atoms with Crippen LogP contribution in [-0.4, -0.2) is 35.1 Å². The van der Waals surface area contributed by atoms with Gasteiger partial charge in [0.1, 0.15) is 11.9 Å². The highest BCUT2D eigenvalue weighted by atomic mass is 31.2. The number of carboxylic acid groups (broad SMARTS) is 1. The van der Waals surface area contributed by atoms with Crippen LogP contribution in [0, 0.1) is 0 Å². The minimum absolute atomic E-state index is 0.405. The number of rotatable bonds is 8. The monoisotopic (exact) mass is 266 g/mol. The van der Waals surface area contributed by atoms with Crippen molar-refractivity contribution in [2.24, 2.45) is 0 Å². The molecule has 1 atom stereocenters. The summed E-state index contributed by atoms with van der Waals surface area (Å²) in [5.41, 5.74) is 0. The standard InChI is InChI=1S/C8H11O8P/c1-3-7(9)14-4-5-17(13,16-15-12)6(2)8(10)11/h3,12H,1-2,4-5H2,(H,10,11). The maximum Gasteiger partial charge on any atom is 0.341 e. The van der Waals surface area contributed by atoms with Gasteiger partial charge in [-0.15, -0.1) is 4.67 Å². The molecule has 96 valence electrons. The Kier molecular flexibility index (Phi) is 6.37. The highest BCUT2D eigenvalue weighted by molar-refractivity contribution is 7.64. The van der Waals surface area contributed by atoms with Gasteiger partial charge in [-0.05, 0) is 0 Å². The molecule has 0 saturated heterocycles. The third-order valence-electron chi connectivity index (χ3n) is 1.61. The van der Waals surface area contributed by atoms with Crippen LogP contribution in [0.1, 0.15) is 0 Å². The Morgan fingerprint density at radius 2 is 2.00 bits per heavy atom. The molecule has 0 amide bonds. The van der Waals surface area contributed by atoms with E-state index >= 15 is 0 Å². The maximum atomic E-state index is 11.8. The molecule has 0 radical (unpaired) electrons. The van der Waals surface area contributed by atoms with E-state index in [2.05, 4.69) is 27.6 Å². The predicted molar refractivity (Wildman–Crippen MR) is 55.2 cm³/mol.